The Kier molecular flexibility index (Phi) is 1.83. The van der Waals surface area contributed by atoms with Gasteiger partial charge < -0.3 is 4.90 Å². The van der Waals surface area contributed by atoms with E-state index in [1.807, 2.05) is 4.90 Å². The molecule has 1 amide bonds. The molecular weight excluding hydrogens is 188 g/mol. The molecule has 3 rings (SSSR count). The van der Waals surface area contributed by atoms with E-state index in [1.165, 1.54) is 19.3 Å². The first kappa shape index (κ1) is 9.21. The number of carbonyl (C=O) groups is 1. The van der Waals surface area contributed by atoms with E-state index in [-0.39, 0.29) is 5.91 Å². The van der Waals surface area contributed by atoms with Crippen LogP contribution in [-0.4, -0.2) is 23.9 Å². The molecule has 3 nitrogen and oxygen atoms in total. The van der Waals surface area contributed by atoms with Crippen molar-refractivity contribution >= 4 is 5.91 Å². The van der Waals surface area contributed by atoms with Crippen LogP contribution in [-0.2, 0) is 4.79 Å². The van der Waals surface area contributed by atoms with E-state index in [9.17, 15) is 4.79 Å². The van der Waals surface area contributed by atoms with Crippen LogP contribution >= 0.6 is 0 Å². The third-order valence-corrected chi connectivity index (χ3v) is 4.39. The fourth-order valence-electron chi connectivity index (χ4n) is 3.20. The van der Waals surface area contributed by atoms with Gasteiger partial charge in [-0.05, 0) is 37.5 Å². The smallest absolute Gasteiger partial charge is 0.243 e. The van der Waals surface area contributed by atoms with E-state index in [4.69, 9.17) is 5.26 Å². The summed E-state index contributed by atoms with van der Waals surface area (Å²) < 4.78 is 0. The van der Waals surface area contributed by atoms with E-state index in [1.54, 1.807) is 0 Å². The highest BCUT2D eigenvalue weighted by atomic mass is 16.2. The van der Waals surface area contributed by atoms with Gasteiger partial charge in [-0.2, -0.15) is 5.26 Å². The average Bonchev–Trinajstić information content (AvgIpc) is 2.74. The van der Waals surface area contributed by atoms with Crippen LogP contribution in [0.5, 0.6) is 0 Å². The third kappa shape index (κ3) is 1.27. The van der Waals surface area contributed by atoms with Crippen LogP contribution in [0.3, 0.4) is 0 Å². The second kappa shape index (κ2) is 2.98. The zero-order chi connectivity index (χ0) is 10.5. The Morgan fingerprint density at radius 3 is 2.33 bits per heavy atom. The predicted molar refractivity (Wildman–Crippen MR) is 54.7 cm³/mol. The van der Waals surface area contributed by atoms with E-state index < -0.39 is 5.41 Å². The highest BCUT2D eigenvalue weighted by Gasteiger charge is 2.54. The van der Waals surface area contributed by atoms with Crippen LogP contribution in [0.15, 0.2) is 0 Å². The Hall–Kier alpha value is -1.04. The number of carbonyl (C=O) groups excluding carboxylic acids is 1. The van der Waals surface area contributed by atoms with Gasteiger partial charge in [0.25, 0.3) is 0 Å². The topological polar surface area (TPSA) is 44.1 Å². The summed E-state index contributed by atoms with van der Waals surface area (Å²) in [6.45, 7) is 1.85. The minimum absolute atomic E-state index is 0.124. The maximum Gasteiger partial charge on any atom is 0.243 e. The molecule has 2 atom stereocenters. The van der Waals surface area contributed by atoms with Crippen molar-refractivity contribution in [1.82, 2.24) is 4.90 Å². The van der Waals surface area contributed by atoms with Crippen molar-refractivity contribution in [2.45, 2.75) is 32.1 Å². The summed E-state index contributed by atoms with van der Waals surface area (Å²) in [5.74, 6) is 1.60. The molecule has 0 radical (unpaired) electrons. The molecule has 3 heteroatoms. The van der Waals surface area contributed by atoms with Gasteiger partial charge in [0.15, 0.2) is 0 Å². The molecule has 2 unspecified atom stereocenters. The van der Waals surface area contributed by atoms with Gasteiger partial charge >= 0.3 is 0 Å². The second-order valence-electron chi connectivity index (χ2n) is 5.36. The van der Waals surface area contributed by atoms with Gasteiger partial charge in [0.2, 0.25) is 5.91 Å². The van der Waals surface area contributed by atoms with Crippen LogP contribution < -0.4 is 0 Å². The van der Waals surface area contributed by atoms with Crippen LogP contribution in [0.25, 0.3) is 0 Å². The highest BCUT2D eigenvalue weighted by Crippen LogP contribution is 2.48. The molecule has 1 saturated heterocycles. The normalized spacial score (nSPS) is 36.1. The molecule has 2 aliphatic carbocycles. The van der Waals surface area contributed by atoms with Crippen molar-refractivity contribution in [3.8, 4) is 6.07 Å². The lowest BCUT2D eigenvalue weighted by molar-refractivity contribution is -0.134. The molecule has 0 spiro atoms. The number of rotatable bonds is 1. The maximum atomic E-state index is 12.1. The fourth-order valence-corrected chi connectivity index (χ4v) is 3.20. The SMILES string of the molecule is N#CC1(C(=O)N2CC3CCCC3C2)CC1. The van der Waals surface area contributed by atoms with Crippen molar-refractivity contribution in [1.29, 1.82) is 5.26 Å². The molecule has 0 aromatic carbocycles. The lowest BCUT2D eigenvalue weighted by atomic mass is 10.0. The lowest BCUT2D eigenvalue weighted by Crippen LogP contribution is -2.35. The molecule has 1 heterocycles. The summed E-state index contributed by atoms with van der Waals surface area (Å²) >= 11 is 0. The molecule has 1 aliphatic heterocycles. The van der Waals surface area contributed by atoms with E-state index in [0.29, 0.717) is 0 Å². The Morgan fingerprint density at radius 2 is 1.87 bits per heavy atom. The number of nitriles is 1. The number of hydrogen-bond acceptors (Lipinski definition) is 2. The van der Waals surface area contributed by atoms with Crippen LogP contribution in [0, 0.1) is 28.6 Å². The number of amides is 1. The molecular formula is C12H16N2O. The quantitative estimate of drug-likeness (QED) is 0.650. The van der Waals surface area contributed by atoms with Gasteiger partial charge in [-0.1, -0.05) is 6.42 Å². The summed E-state index contributed by atoms with van der Waals surface area (Å²) in [4.78, 5) is 14.1. The summed E-state index contributed by atoms with van der Waals surface area (Å²) in [5, 5.41) is 8.99. The van der Waals surface area contributed by atoms with Gasteiger partial charge in [0, 0.05) is 13.1 Å². The van der Waals surface area contributed by atoms with Crippen molar-refractivity contribution < 1.29 is 4.79 Å². The summed E-state index contributed by atoms with van der Waals surface area (Å²) in [7, 11) is 0. The Labute approximate surface area is 90.1 Å². The van der Waals surface area contributed by atoms with Crippen LogP contribution in [0.4, 0.5) is 0 Å². The minimum atomic E-state index is -0.599. The molecule has 3 fully saturated rings. The highest BCUT2D eigenvalue weighted by molar-refractivity contribution is 5.88. The standard InChI is InChI=1S/C12H16N2O/c13-8-12(4-5-12)11(15)14-6-9-2-1-3-10(9)7-14/h9-10H,1-7H2. The zero-order valence-corrected chi connectivity index (χ0v) is 8.91. The van der Waals surface area contributed by atoms with Gasteiger partial charge in [-0.3, -0.25) is 4.79 Å². The molecule has 15 heavy (non-hydrogen) atoms. The van der Waals surface area contributed by atoms with Gasteiger partial charge in [-0.15, -0.1) is 0 Å². The summed E-state index contributed by atoms with van der Waals surface area (Å²) in [6, 6.07) is 2.20. The van der Waals surface area contributed by atoms with Crippen molar-refractivity contribution in [3.05, 3.63) is 0 Å². The predicted octanol–water partition coefficient (Wildman–Crippen LogP) is 1.55. The van der Waals surface area contributed by atoms with Gasteiger partial charge in [0.05, 0.1) is 6.07 Å². The first-order valence-corrected chi connectivity index (χ1v) is 5.96. The van der Waals surface area contributed by atoms with Crippen molar-refractivity contribution in [3.63, 3.8) is 0 Å². The first-order chi connectivity index (χ1) is 7.25. The second-order valence-corrected chi connectivity index (χ2v) is 5.36. The number of nitrogens with zero attached hydrogens (tertiary/aromatic N) is 2. The molecule has 0 aromatic rings. The molecule has 2 saturated carbocycles. The zero-order valence-electron chi connectivity index (χ0n) is 8.91. The molecule has 0 N–H and O–H groups in total. The fraction of sp³-hybridized carbons (Fsp3) is 0.833. The lowest BCUT2D eigenvalue weighted by Gasteiger charge is -2.19. The van der Waals surface area contributed by atoms with Gasteiger partial charge in [0.1, 0.15) is 5.41 Å². The number of hydrogen-bond donors (Lipinski definition) is 0. The third-order valence-electron chi connectivity index (χ3n) is 4.39. The van der Waals surface area contributed by atoms with Crippen molar-refractivity contribution in [2.24, 2.45) is 17.3 Å². The largest absolute Gasteiger partial charge is 0.341 e. The van der Waals surface area contributed by atoms with E-state index in [2.05, 4.69) is 6.07 Å². The Morgan fingerprint density at radius 1 is 1.27 bits per heavy atom. The first-order valence-electron chi connectivity index (χ1n) is 5.96. The summed E-state index contributed by atoms with van der Waals surface area (Å²) in [6.07, 6.45) is 5.48. The molecule has 3 aliphatic rings. The van der Waals surface area contributed by atoms with Gasteiger partial charge in [-0.25, -0.2) is 0 Å². The summed E-state index contributed by atoms with van der Waals surface area (Å²) in [5.41, 5.74) is -0.599. The number of likely N-dealkylation sites (tertiary alicyclic amines) is 1. The molecule has 0 bridgehead atoms. The van der Waals surface area contributed by atoms with Crippen LogP contribution in [0.1, 0.15) is 32.1 Å². The average molecular weight is 204 g/mol. The van der Waals surface area contributed by atoms with Crippen molar-refractivity contribution in [2.75, 3.05) is 13.1 Å². The Bertz CT molecular complexity index is 328. The number of fused-ring (bicyclic) bond motifs is 1. The Balaban J connectivity index is 1.70. The minimum Gasteiger partial charge on any atom is -0.341 e. The molecule has 80 valence electrons. The maximum absolute atomic E-state index is 12.1. The monoisotopic (exact) mass is 204 g/mol. The van der Waals surface area contributed by atoms with E-state index in [0.717, 1.165) is 37.8 Å². The van der Waals surface area contributed by atoms with Crippen LogP contribution in [0.2, 0.25) is 0 Å². The molecule has 0 aromatic heterocycles. The van der Waals surface area contributed by atoms with E-state index >= 15 is 0 Å².